The number of nitrogens with zero attached hydrogens (tertiary/aromatic N) is 7. The van der Waals surface area contributed by atoms with Gasteiger partial charge in [-0.2, -0.15) is 0 Å². The summed E-state index contributed by atoms with van der Waals surface area (Å²) in [7, 11) is 0. The van der Waals surface area contributed by atoms with E-state index in [2.05, 4.69) is 10.0 Å². The maximum atomic E-state index is 13.7. The van der Waals surface area contributed by atoms with Crippen LogP contribution in [-0.4, -0.2) is 17.9 Å². The highest BCUT2D eigenvalue weighted by molar-refractivity contribution is 6.34. The number of halogens is 4. The lowest BCUT2D eigenvalue weighted by molar-refractivity contribution is 0.618. The molecule has 0 aliphatic carbocycles. The molecule has 6 aromatic rings. The van der Waals surface area contributed by atoms with E-state index in [-0.39, 0.29) is 17.1 Å². The zero-order valence-electron chi connectivity index (χ0n) is 24.7. The second kappa shape index (κ2) is 13.6. The Morgan fingerprint density at radius 3 is 1.72 bits per heavy atom. The molecule has 0 saturated carbocycles. The summed E-state index contributed by atoms with van der Waals surface area (Å²) in [6, 6.07) is 13.9. The fourth-order valence-electron chi connectivity index (χ4n) is 5.21. The molecule has 0 saturated heterocycles. The monoisotopic (exact) mass is 664 g/mol. The first-order chi connectivity index (χ1) is 22.1. The molecule has 0 bridgehead atoms. The van der Waals surface area contributed by atoms with Crippen LogP contribution in [0.2, 0.25) is 10.0 Å². The Morgan fingerprint density at radius 1 is 0.804 bits per heavy atom. The van der Waals surface area contributed by atoms with Crippen molar-refractivity contribution in [3.8, 4) is 11.4 Å². The fourth-order valence-corrected chi connectivity index (χ4v) is 5.68. The van der Waals surface area contributed by atoms with Crippen molar-refractivity contribution in [1.82, 2.24) is 17.9 Å². The largest absolute Gasteiger partial charge is 0.323 e. The molecular weight excluding hydrogens is 637 g/mol. The molecule has 46 heavy (non-hydrogen) atoms. The van der Waals surface area contributed by atoms with Gasteiger partial charge in [-0.05, 0) is 66.9 Å². The lowest BCUT2D eigenvalue weighted by Crippen LogP contribution is -2.28. The van der Waals surface area contributed by atoms with Crippen molar-refractivity contribution in [2.24, 2.45) is 10.8 Å². The minimum atomic E-state index is -0.573. The van der Waals surface area contributed by atoms with Gasteiger partial charge < -0.3 is 14.5 Å². The SMILES string of the molecule is CCC(N)c1cn2ccc(Cl)c2c(=O)n1-c1cccc(F)c1.CCC(N=[N+]=[N-])c1cn2ccc(Cl)c2c(=O)n1-c1cccc(F)c1. The Kier molecular flexibility index (Phi) is 9.64. The highest BCUT2D eigenvalue weighted by Crippen LogP contribution is 2.26. The molecule has 4 aromatic heterocycles. The van der Waals surface area contributed by atoms with E-state index in [4.69, 9.17) is 34.5 Å². The smallest absolute Gasteiger partial charge is 0.281 e. The van der Waals surface area contributed by atoms with Crippen LogP contribution in [0.1, 0.15) is 50.2 Å². The van der Waals surface area contributed by atoms with Gasteiger partial charge >= 0.3 is 0 Å². The molecular formula is C32H28Cl2F2N8O2. The number of azide groups is 1. The van der Waals surface area contributed by atoms with Crippen LogP contribution in [0, 0.1) is 11.6 Å². The Labute approximate surface area is 271 Å². The molecule has 2 unspecified atom stereocenters. The fraction of sp³-hybridized carbons (Fsp3) is 0.188. The molecule has 0 spiro atoms. The Bertz CT molecular complexity index is 2230. The van der Waals surface area contributed by atoms with Crippen LogP contribution in [0.4, 0.5) is 8.78 Å². The molecule has 0 aliphatic rings. The first-order valence-electron chi connectivity index (χ1n) is 14.2. The van der Waals surface area contributed by atoms with Gasteiger partial charge in [-0.25, -0.2) is 8.78 Å². The second-order valence-corrected chi connectivity index (χ2v) is 11.1. The van der Waals surface area contributed by atoms with Gasteiger partial charge in [0.25, 0.3) is 11.1 Å². The molecule has 10 nitrogen and oxygen atoms in total. The van der Waals surface area contributed by atoms with E-state index in [9.17, 15) is 18.4 Å². The number of hydrogen-bond donors (Lipinski definition) is 1. The number of nitrogens with two attached hydrogens (primary N) is 1. The highest BCUT2D eigenvalue weighted by Gasteiger charge is 2.20. The number of hydrogen-bond acceptors (Lipinski definition) is 4. The summed E-state index contributed by atoms with van der Waals surface area (Å²) < 4.78 is 33.2. The number of fused-ring (bicyclic) bond motifs is 2. The van der Waals surface area contributed by atoms with Crippen molar-refractivity contribution in [1.29, 1.82) is 0 Å². The zero-order valence-corrected chi connectivity index (χ0v) is 26.2. The molecule has 0 aliphatic heterocycles. The molecule has 0 radical (unpaired) electrons. The van der Waals surface area contributed by atoms with Crippen molar-refractivity contribution in [3.63, 3.8) is 0 Å². The van der Waals surface area contributed by atoms with Crippen LogP contribution in [-0.2, 0) is 0 Å². The summed E-state index contributed by atoms with van der Waals surface area (Å²) in [4.78, 5) is 28.7. The molecule has 0 amide bonds. The molecule has 2 N–H and O–H groups in total. The maximum absolute atomic E-state index is 13.7. The van der Waals surface area contributed by atoms with Gasteiger partial charge in [0.15, 0.2) is 0 Å². The van der Waals surface area contributed by atoms with Crippen LogP contribution in [0.25, 0.3) is 32.9 Å². The molecule has 236 valence electrons. The highest BCUT2D eigenvalue weighted by atomic mass is 35.5. The summed E-state index contributed by atoms with van der Waals surface area (Å²) >= 11 is 12.2. The predicted octanol–water partition coefficient (Wildman–Crippen LogP) is 7.94. The number of aromatic nitrogens is 4. The quantitative estimate of drug-likeness (QED) is 0.106. The second-order valence-electron chi connectivity index (χ2n) is 10.3. The van der Waals surface area contributed by atoms with E-state index < -0.39 is 23.2 Å². The van der Waals surface area contributed by atoms with E-state index in [1.165, 1.54) is 39.5 Å². The van der Waals surface area contributed by atoms with Gasteiger partial charge in [0.05, 0.1) is 38.8 Å². The topological polar surface area (TPSA) is 128 Å². The molecule has 0 fully saturated rings. The van der Waals surface area contributed by atoms with Crippen LogP contribution >= 0.6 is 23.2 Å². The Balaban J connectivity index is 0.000000182. The molecule has 2 atom stereocenters. The van der Waals surface area contributed by atoms with Crippen molar-refractivity contribution >= 4 is 34.2 Å². The Hall–Kier alpha value is -4.87. The minimum Gasteiger partial charge on any atom is -0.323 e. The minimum absolute atomic E-state index is 0.278. The first-order valence-corrected chi connectivity index (χ1v) is 15.0. The van der Waals surface area contributed by atoms with Crippen LogP contribution in [0.3, 0.4) is 0 Å². The van der Waals surface area contributed by atoms with Gasteiger partial charge in [-0.15, -0.1) is 0 Å². The zero-order chi connectivity index (χ0) is 33.1. The average molecular weight is 666 g/mol. The molecule has 2 aromatic carbocycles. The third-order valence-electron chi connectivity index (χ3n) is 7.47. The van der Waals surface area contributed by atoms with E-state index >= 15 is 0 Å². The summed E-state index contributed by atoms with van der Waals surface area (Å²) in [5.74, 6) is -0.884. The summed E-state index contributed by atoms with van der Waals surface area (Å²) in [6.07, 6.45) is 7.94. The predicted molar refractivity (Wildman–Crippen MR) is 175 cm³/mol. The first kappa shape index (κ1) is 32.5. The Morgan fingerprint density at radius 2 is 1.28 bits per heavy atom. The third-order valence-corrected chi connectivity index (χ3v) is 8.08. The van der Waals surface area contributed by atoms with Crippen molar-refractivity contribution in [3.05, 3.63) is 150 Å². The lowest BCUT2D eigenvalue weighted by Gasteiger charge is -2.18. The van der Waals surface area contributed by atoms with Crippen LogP contribution in [0.15, 0.2) is 100 Å². The van der Waals surface area contributed by atoms with Gasteiger partial charge in [0.1, 0.15) is 22.7 Å². The third kappa shape index (κ3) is 6.16. The van der Waals surface area contributed by atoms with E-state index in [1.807, 2.05) is 13.8 Å². The number of rotatable bonds is 7. The van der Waals surface area contributed by atoms with Gasteiger partial charge in [0.2, 0.25) is 0 Å². The van der Waals surface area contributed by atoms with E-state index in [0.29, 0.717) is 51.2 Å². The molecule has 14 heteroatoms. The molecule has 6 rings (SSSR count). The lowest BCUT2D eigenvalue weighted by atomic mass is 10.1. The van der Waals surface area contributed by atoms with Crippen molar-refractivity contribution in [2.75, 3.05) is 0 Å². The standard InChI is InChI=1S/C16H13ClFN5O.C16H15ClFN3O/c1-2-13(20-21-19)14-9-22-7-6-12(17)15(22)16(24)23(14)11-5-3-4-10(18)8-11;1-2-13(19)14-9-20-7-6-12(17)15(20)16(22)21(14)11-5-3-4-10(18)8-11/h3-9,13H,2H2,1H3;3-9,13H,2,19H2,1H3. The van der Waals surface area contributed by atoms with Crippen molar-refractivity contribution < 1.29 is 8.78 Å². The van der Waals surface area contributed by atoms with Gasteiger partial charge in [0, 0.05) is 35.7 Å². The summed E-state index contributed by atoms with van der Waals surface area (Å²) in [6.45, 7) is 3.77. The normalized spacial score (nSPS) is 12.4. The van der Waals surface area contributed by atoms with Crippen LogP contribution in [0.5, 0.6) is 0 Å². The summed E-state index contributed by atoms with van der Waals surface area (Å²) in [5, 5.41) is 4.41. The van der Waals surface area contributed by atoms with Gasteiger partial charge in [-0.3, -0.25) is 18.7 Å². The van der Waals surface area contributed by atoms with Gasteiger partial charge in [-0.1, -0.05) is 54.3 Å². The summed E-state index contributed by atoms with van der Waals surface area (Å²) in [5.41, 5.74) is 16.7. The maximum Gasteiger partial charge on any atom is 0.281 e. The van der Waals surface area contributed by atoms with E-state index in [1.54, 1.807) is 63.9 Å². The number of benzene rings is 2. The van der Waals surface area contributed by atoms with E-state index in [0.717, 1.165) is 0 Å². The average Bonchev–Trinajstić information content (AvgIpc) is 3.61. The molecule has 4 heterocycles. The van der Waals surface area contributed by atoms with Crippen LogP contribution < -0.4 is 16.9 Å². The van der Waals surface area contributed by atoms with Crippen molar-refractivity contribution in [2.45, 2.75) is 38.8 Å².